The van der Waals surface area contributed by atoms with Gasteiger partial charge in [0.25, 0.3) is 5.91 Å². The Balaban J connectivity index is 1.84. The molecule has 2 aromatic rings. The largest absolute Gasteiger partial charge is 0.493 e. The Bertz CT molecular complexity index is 1010. The molecule has 2 aromatic carbocycles. The van der Waals surface area contributed by atoms with Crippen molar-refractivity contribution in [3.8, 4) is 11.5 Å². The standard InChI is InChI=1S/C22H23F3N2O6/c1-30-18-6-3-14(11-19(18)33-13-20(28)31-2)21(29)26-17-5-4-15(12-16(17)22(23,24)25)27-7-9-32-10-8-27/h3-6,11-12H,7-10,13H2,1-2H3,(H,26,29). The molecule has 1 aliphatic heterocycles. The first kappa shape index (κ1) is 24.2. The molecular formula is C22H23F3N2O6. The van der Waals surface area contributed by atoms with Gasteiger partial charge in [0.05, 0.1) is 38.7 Å². The number of nitrogens with one attached hydrogen (secondary N) is 1. The van der Waals surface area contributed by atoms with Gasteiger partial charge in [0.15, 0.2) is 18.1 Å². The van der Waals surface area contributed by atoms with Gasteiger partial charge in [0, 0.05) is 24.3 Å². The summed E-state index contributed by atoms with van der Waals surface area (Å²) in [6.45, 7) is 1.38. The number of anilines is 2. The van der Waals surface area contributed by atoms with Crippen LogP contribution in [0.2, 0.25) is 0 Å². The van der Waals surface area contributed by atoms with Gasteiger partial charge in [-0.2, -0.15) is 13.2 Å². The minimum absolute atomic E-state index is 0.0149. The first-order valence-corrected chi connectivity index (χ1v) is 9.96. The molecule has 1 aliphatic rings. The summed E-state index contributed by atoms with van der Waals surface area (Å²) in [6, 6.07) is 7.81. The van der Waals surface area contributed by atoms with E-state index in [1.807, 2.05) is 0 Å². The molecule has 0 spiro atoms. The number of hydrogen-bond acceptors (Lipinski definition) is 7. The highest BCUT2D eigenvalue weighted by Crippen LogP contribution is 2.38. The maximum atomic E-state index is 13.7. The summed E-state index contributed by atoms with van der Waals surface area (Å²) in [5.74, 6) is -1.14. The van der Waals surface area contributed by atoms with Crippen molar-refractivity contribution in [2.24, 2.45) is 0 Å². The molecule has 0 radical (unpaired) electrons. The van der Waals surface area contributed by atoms with E-state index in [1.165, 1.54) is 44.6 Å². The highest BCUT2D eigenvalue weighted by molar-refractivity contribution is 6.05. The van der Waals surface area contributed by atoms with Gasteiger partial charge in [-0.15, -0.1) is 0 Å². The van der Waals surface area contributed by atoms with Crippen LogP contribution in [0.1, 0.15) is 15.9 Å². The Labute approximate surface area is 188 Å². The lowest BCUT2D eigenvalue weighted by atomic mass is 10.1. The number of ether oxygens (including phenoxy) is 4. The minimum Gasteiger partial charge on any atom is -0.493 e. The van der Waals surface area contributed by atoms with Gasteiger partial charge in [-0.1, -0.05) is 0 Å². The van der Waals surface area contributed by atoms with Crippen molar-refractivity contribution in [2.45, 2.75) is 6.18 Å². The van der Waals surface area contributed by atoms with E-state index < -0.39 is 30.2 Å². The Hall–Kier alpha value is -3.47. The number of nitrogens with zero attached hydrogens (tertiary/aromatic N) is 1. The van der Waals surface area contributed by atoms with Crippen LogP contribution in [0, 0.1) is 0 Å². The monoisotopic (exact) mass is 468 g/mol. The Morgan fingerprint density at radius 2 is 1.79 bits per heavy atom. The maximum absolute atomic E-state index is 13.7. The molecule has 8 nitrogen and oxygen atoms in total. The van der Waals surface area contributed by atoms with E-state index in [9.17, 15) is 22.8 Å². The fraction of sp³-hybridized carbons (Fsp3) is 0.364. The van der Waals surface area contributed by atoms with Crippen molar-refractivity contribution < 1.29 is 41.7 Å². The van der Waals surface area contributed by atoms with Crippen molar-refractivity contribution in [2.75, 3.05) is 57.3 Å². The highest BCUT2D eigenvalue weighted by atomic mass is 19.4. The number of amides is 1. The number of alkyl halides is 3. The first-order chi connectivity index (χ1) is 15.7. The smallest absolute Gasteiger partial charge is 0.418 e. The van der Waals surface area contributed by atoms with E-state index in [0.29, 0.717) is 32.0 Å². The average Bonchev–Trinajstić information content (AvgIpc) is 2.82. The minimum atomic E-state index is -4.68. The van der Waals surface area contributed by atoms with Gasteiger partial charge < -0.3 is 29.2 Å². The van der Waals surface area contributed by atoms with Gasteiger partial charge in [-0.3, -0.25) is 4.79 Å². The quantitative estimate of drug-likeness (QED) is 0.624. The van der Waals surface area contributed by atoms with Crippen LogP contribution in [0.5, 0.6) is 11.5 Å². The molecule has 1 fully saturated rings. The van der Waals surface area contributed by atoms with E-state index in [2.05, 4.69) is 10.1 Å². The van der Waals surface area contributed by atoms with Crippen LogP contribution in [0.4, 0.5) is 24.5 Å². The van der Waals surface area contributed by atoms with E-state index in [-0.39, 0.29) is 22.7 Å². The molecule has 0 aliphatic carbocycles. The summed E-state index contributed by atoms with van der Waals surface area (Å²) in [7, 11) is 2.56. The third-order valence-electron chi connectivity index (χ3n) is 4.93. The molecular weight excluding hydrogens is 445 g/mol. The molecule has 178 valence electrons. The fourth-order valence-corrected chi connectivity index (χ4v) is 3.21. The van der Waals surface area contributed by atoms with E-state index in [4.69, 9.17) is 14.2 Å². The lowest BCUT2D eigenvalue weighted by Crippen LogP contribution is -2.36. The number of benzene rings is 2. The molecule has 3 rings (SSSR count). The van der Waals surface area contributed by atoms with Crippen molar-refractivity contribution in [3.63, 3.8) is 0 Å². The van der Waals surface area contributed by atoms with Gasteiger partial charge in [-0.05, 0) is 36.4 Å². The second kappa shape index (κ2) is 10.4. The summed E-state index contributed by atoms with van der Waals surface area (Å²) < 4.78 is 61.4. The zero-order valence-electron chi connectivity index (χ0n) is 18.0. The van der Waals surface area contributed by atoms with E-state index in [0.717, 1.165) is 6.07 Å². The molecule has 1 heterocycles. The maximum Gasteiger partial charge on any atom is 0.418 e. The fourth-order valence-electron chi connectivity index (χ4n) is 3.21. The lowest BCUT2D eigenvalue weighted by Gasteiger charge is -2.29. The molecule has 1 saturated heterocycles. The second-order valence-electron chi connectivity index (χ2n) is 7.01. The number of carbonyl (C=O) groups is 2. The van der Waals surface area contributed by atoms with Gasteiger partial charge in [-0.25, -0.2) is 4.79 Å². The summed E-state index contributed by atoms with van der Waals surface area (Å²) >= 11 is 0. The van der Waals surface area contributed by atoms with Crippen molar-refractivity contribution in [1.82, 2.24) is 0 Å². The molecule has 1 N–H and O–H groups in total. The molecule has 0 atom stereocenters. The summed E-state index contributed by atoms with van der Waals surface area (Å²) in [5.41, 5.74) is -0.930. The van der Waals surface area contributed by atoms with E-state index >= 15 is 0 Å². The highest BCUT2D eigenvalue weighted by Gasteiger charge is 2.35. The molecule has 11 heteroatoms. The van der Waals surface area contributed by atoms with Crippen LogP contribution < -0.4 is 19.7 Å². The number of esters is 1. The van der Waals surface area contributed by atoms with Gasteiger partial charge >= 0.3 is 12.1 Å². The molecule has 1 amide bonds. The summed E-state index contributed by atoms with van der Waals surface area (Å²) in [6.07, 6.45) is -4.68. The zero-order chi connectivity index (χ0) is 24.0. The Morgan fingerprint density at radius 1 is 1.06 bits per heavy atom. The molecule has 33 heavy (non-hydrogen) atoms. The average molecular weight is 468 g/mol. The molecule has 0 aromatic heterocycles. The van der Waals surface area contributed by atoms with Crippen molar-refractivity contribution in [3.05, 3.63) is 47.5 Å². The number of halogens is 3. The van der Waals surface area contributed by atoms with Crippen LogP contribution in [0.25, 0.3) is 0 Å². The van der Waals surface area contributed by atoms with Crippen LogP contribution in [0.3, 0.4) is 0 Å². The SMILES string of the molecule is COC(=O)COc1cc(C(=O)Nc2ccc(N3CCOCC3)cc2C(F)(F)F)ccc1OC. The molecule has 0 bridgehead atoms. The molecule has 0 unspecified atom stereocenters. The van der Waals surface area contributed by atoms with Gasteiger partial charge in [0.2, 0.25) is 0 Å². The predicted molar refractivity (Wildman–Crippen MR) is 113 cm³/mol. The second-order valence-corrected chi connectivity index (χ2v) is 7.01. The third kappa shape index (κ3) is 6.07. The van der Waals surface area contributed by atoms with Crippen molar-refractivity contribution >= 4 is 23.3 Å². The number of morpholine rings is 1. The number of carbonyl (C=O) groups excluding carboxylic acids is 2. The normalized spacial score (nSPS) is 13.9. The summed E-state index contributed by atoms with van der Waals surface area (Å²) in [5, 5.41) is 2.31. The van der Waals surface area contributed by atoms with Gasteiger partial charge in [0.1, 0.15) is 0 Å². The van der Waals surface area contributed by atoms with Crippen LogP contribution in [-0.2, 0) is 20.4 Å². The topological polar surface area (TPSA) is 86.3 Å². The van der Waals surface area contributed by atoms with E-state index in [1.54, 1.807) is 4.90 Å². The first-order valence-electron chi connectivity index (χ1n) is 9.96. The Kier molecular flexibility index (Phi) is 7.64. The van der Waals surface area contributed by atoms with Crippen LogP contribution >= 0.6 is 0 Å². The number of methoxy groups -OCH3 is 2. The Morgan fingerprint density at radius 3 is 2.42 bits per heavy atom. The summed E-state index contributed by atoms with van der Waals surface area (Å²) in [4.78, 5) is 25.9. The van der Waals surface area contributed by atoms with Crippen molar-refractivity contribution in [1.29, 1.82) is 0 Å². The third-order valence-corrected chi connectivity index (χ3v) is 4.93. The van der Waals surface area contributed by atoms with Crippen LogP contribution in [0.15, 0.2) is 36.4 Å². The predicted octanol–water partition coefficient (Wildman–Crippen LogP) is 3.35. The zero-order valence-corrected chi connectivity index (χ0v) is 18.0. The lowest BCUT2D eigenvalue weighted by molar-refractivity contribution is -0.143. The molecule has 0 saturated carbocycles. The van der Waals surface area contributed by atoms with Crippen LogP contribution in [-0.4, -0.2) is 59.0 Å². The number of rotatable bonds is 7. The number of hydrogen-bond donors (Lipinski definition) is 1.